The zero-order chi connectivity index (χ0) is 14.0. The summed E-state index contributed by atoms with van der Waals surface area (Å²) in [7, 11) is 0. The van der Waals surface area contributed by atoms with Crippen LogP contribution in [0.3, 0.4) is 0 Å². The number of carbonyl (C=O) groups is 1. The smallest absolute Gasteiger partial charge is 0.179 e. The van der Waals surface area contributed by atoms with E-state index in [9.17, 15) is 13.6 Å². The number of benzene rings is 1. The van der Waals surface area contributed by atoms with Crippen LogP contribution in [-0.4, -0.2) is 10.8 Å². The second-order valence-electron chi connectivity index (χ2n) is 3.81. The molecule has 0 fully saturated rings. The molecule has 1 aromatic carbocycles. The fourth-order valence-electron chi connectivity index (χ4n) is 1.50. The first-order valence-electron chi connectivity index (χ1n) is 5.37. The van der Waals surface area contributed by atoms with Crippen LogP contribution in [-0.2, 0) is 0 Å². The molecule has 0 amide bonds. The van der Waals surface area contributed by atoms with Crippen molar-refractivity contribution in [2.45, 2.75) is 6.92 Å². The second kappa shape index (κ2) is 5.32. The number of para-hydroxylation sites is 1. The van der Waals surface area contributed by atoms with E-state index in [4.69, 9.17) is 11.6 Å². The summed E-state index contributed by atoms with van der Waals surface area (Å²) >= 11 is 5.71. The number of ketones is 1. The molecule has 2 aromatic rings. The molecule has 0 spiro atoms. The van der Waals surface area contributed by atoms with Gasteiger partial charge in [0, 0.05) is 6.92 Å². The lowest BCUT2D eigenvalue weighted by Crippen LogP contribution is -2.04. The van der Waals surface area contributed by atoms with E-state index < -0.39 is 17.4 Å². The van der Waals surface area contributed by atoms with Gasteiger partial charge in [0.05, 0.1) is 17.6 Å². The second-order valence-corrected chi connectivity index (χ2v) is 4.19. The van der Waals surface area contributed by atoms with Gasteiger partial charge in [-0.25, -0.2) is 13.8 Å². The fraction of sp³-hybridized carbons (Fsp3) is 0.0769. The summed E-state index contributed by atoms with van der Waals surface area (Å²) in [6.45, 7) is 1.23. The SMILES string of the molecule is CC(=O)c1ncc(Nc2ccccc2F)c(F)c1Cl. The molecule has 0 radical (unpaired) electrons. The first kappa shape index (κ1) is 13.4. The normalized spacial score (nSPS) is 10.3. The molecule has 0 atom stereocenters. The van der Waals surface area contributed by atoms with Crippen molar-refractivity contribution in [3.8, 4) is 0 Å². The van der Waals surface area contributed by atoms with Crippen molar-refractivity contribution in [3.05, 3.63) is 52.8 Å². The molecule has 0 unspecified atom stereocenters. The molecule has 0 bridgehead atoms. The van der Waals surface area contributed by atoms with E-state index in [1.165, 1.54) is 25.1 Å². The Morgan fingerprint density at radius 3 is 2.58 bits per heavy atom. The molecule has 0 saturated heterocycles. The van der Waals surface area contributed by atoms with Crippen LogP contribution < -0.4 is 5.32 Å². The number of carbonyl (C=O) groups excluding carboxylic acids is 1. The van der Waals surface area contributed by atoms with E-state index in [-0.39, 0.29) is 22.1 Å². The molecule has 2 rings (SSSR count). The minimum Gasteiger partial charge on any atom is -0.349 e. The largest absolute Gasteiger partial charge is 0.349 e. The summed E-state index contributed by atoms with van der Waals surface area (Å²) in [5, 5.41) is 2.16. The summed E-state index contributed by atoms with van der Waals surface area (Å²) in [5.74, 6) is -1.82. The summed E-state index contributed by atoms with van der Waals surface area (Å²) in [5.41, 5.74) is -0.159. The first-order chi connectivity index (χ1) is 9.00. The molecule has 3 nitrogen and oxygen atoms in total. The summed E-state index contributed by atoms with van der Waals surface area (Å²) in [6.07, 6.45) is 1.10. The molecule has 6 heteroatoms. The first-order valence-corrected chi connectivity index (χ1v) is 5.75. The number of hydrogen-bond donors (Lipinski definition) is 1. The molecule has 0 aliphatic carbocycles. The monoisotopic (exact) mass is 282 g/mol. The van der Waals surface area contributed by atoms with Gasteiger partial charge in [0.2, 0.25) is 0 Å². The van der Waals surface area contributed by atoms with Crippen LogP contribution in [0.25, 0.3) is 0 Å². The molecule has 1 N–H and O–H groups in total. The van der Waals surface area contributed by atoms with Crippen LogP contribution in [0.15, 0.2) is 30.5 Å². The van der Waals surface area contributed by atoms with E-state index >= 15 is 0 Å². The molecular formula is C13H9ClF2N2O. The number of rotatable bonds is 3. The average Bonchev–Trinajstić information content (AvgIpc) is 2.37. The van der Waals surface area contributed by atoms with Gasteiger partial charge in [0.1, 0.15) is 16.5 Å². The quantitative estimate of drug-likeness (QED) is 0.867. The van der Waals surface area contributed by atoms with Gasteiger partial charge in [0.25, 0.3) is 0 Å². The van der Waals surface area contributed by atoms with Gasteiger partial charge >= 0.3 is 0 Å². The van der Waals surface area contributed by atoms with Crippen molar-refractivity contribution in [1.29, 1.82) is 0 Å². The maximum Gasteiger partial charge on any atom is 0.179 e. The average molecular weight is 283 g/mol. The number of anilines is 2. The van der Waals surface area contributed by atoms with E-state index in [2.05, 4.69) is 10.3 Å². The van der Waals surface area contributed by atoms with E-state index in [1.807, 2.05) is 0 Å². The molecule has 0 aliphatic heterocycles. The Morgan fingerprint density at radius 1 is 1.26 bits per heavy atom. The van der Waals surface area contributed by atoms with Crippen molar-refractivity contribution in [2.75, 3.05) is 5.32 Å². The maximum atomic E-state index is 13.9. The Balaban J connectivity index is 2.40. The highest BCUT2D eigenvalue weighted by Crippen LogP contribution is 2.28. The number of halogens is 3. The Bertz CT molecular complexity index is 647. The van der Waals surface area contributed by atoms with E-state index in [0.29, 0.717) is 0 Å². The lowest BCUT2D eigenvalue weighted by atomic mass is 10.2. The number of nitrogens with one attached hydrogen (secondary N) is 1. The number of pyridine rings is 1. The molecule has 1 aromatic heterocycles. The van der Waals surface area contributed by atoms with Crippen molar-refractivity contribution >= 4 is 28.8 Å². The van der Waals surface area contributed by atoms with Crippen molar-refractivity contribution in [3.63, 3.8) is 0 Å². The van der Waals surface area contributed by atoms with Gasteiger partial charge in [-0.3, -0.25) is 4.79 Å². The highest BCUT2D eigenvalue weighted by Gasteiger charge is 2.16. The van der Waals surface area contributed by atoms with Crippen molar-refractivity contribution in [2.24, 2.45) is 0 Å². The zero-order valence-corrected chi connectivity index (χ0v) is 10.6. The van der Waals surface area contributed by atoms with Crippen molar-refractivity contribution < 1.29 is 13.6 Å². The van der Waals surface area contributed by atoms with Crippen LogP contribution in [0.1, 0.15) is 17.4 Å². The predicted molar refractivity (Wildman–Crippen MR) is 68.9 cm³/mol. The number of aromatic nitrogens is 1. The third-order valence-corrected chi connectivity index (χ3v) is 2.78. The lowest BCUT2D eigenvalue weighted by molar-refractivity contribution is 0.101. The van der Waals surface area contributed by atoms with E-state index in [0.717, 1.165) is 6.20 Å². The van der Waals surface area contributed by atoms with Crippen LogP contribution in [0.5, 0.6) is 0 Å². The Kier molecular flexibility index (Phi) is 3.76. The maximum absolute atomic E-state index is 13.9. The zero-order valence-electron chi connectivity index (χ0n) is 9.88. The molecule has 0 saturated carbocycles. The summed E-state index contributed by atoms with van der Waals surface area (Å²) < 4.78 is 27.4. The molecule has 0 aliphatic rings. The number of Topliss-reactive ketones (excluding diaryl/α,β-unsaturated/α-hetero) is 1. The Hall–Kier alpha value is -2.01. The number of hydrogen-bond acceptors (Lipinski definition) is 3. The highest BCUT2D eigenvalue weighted by atomic mass is 35.5. The van der Waals surface area contributed by atoms with Crippen LogP contribution >= 0.6 is 11.6 Å². The predicted octanol–water partition coefficient (Wildman–Crippen LogP) is 3.96. The van der Waals surface area contributed by atoms with Crippen LogP contribution in [0.4, 0.5) is 20.2 Å². The van der Waals surface area contributed by atoms with Crippen LogP contribution in [0, 0.1) is 11.6 Å². The fourth-order valence-corrected chi connectivity index (χ4v) is 1.79. The molecule has 19 heavy (non-hydrogen) atoms. The number of nitrogens with zero attached hydrogens (tertiary/aromatic N) is 1. The van der Waals surface area contributed by atoms with Gasteiger partial charge in [-0.2, -0.15) is 0 Å². The van der Waals surface area contributed by atoms with Gasteiger partial charge in [-0.1, -0.05) is 23.7 Å². The van der Waals surface area contributed by atoms with Gasteiger partial charge in [-0.15, -0.1) is 0 Å². The Morgan fingerprint density at radius 2 is 1.95 bits per heavy atom. The Labute approximate surface area is 113 Å². The lowest BCUT2D eigenvalue weighted by Gasteiger charge is -2.10. The van der Waals surface area contributed by atoms with E-state index in [1.54, 1.807) is 6.07 Å². The van der Waals surface area contributed by atoms with Crippen molar-refractivity contribution in [1.82, 2.24) is 4.98 Å². The molecular weight excluding hydrogens is 274 g/mol. The molecule has 1 heterocycles. The molecule has 98 valence electrons. The van der Waals surface area contributed by atoms with Crippen LogP contribution in [0.2, 0.25) is 5.02 Å². The minimum absolute atomic E-state index is 0.0924. The highest BCUT2D eigenvalue weighted by molar-refractivity contribution is 6.34. The van der Waals surface area contributed by atoms with Gasteiger partial charge in [0.15, 0.2) is 11.6 Å². The summed E-state index contributed by atoms with van der Waals surface area (Å²) in [6, 6.07) is 5.80. The topological polar surface area (TPSA) is 42.0 Å². The standard InChI is InChI=1S/C13H9ClF2N2O/c1-7(19)13-11(14)12(16)10(6-17-13)18-9-5-3-2-4-8(9)15/h2-6,18H,1H3. The minimum atomic E-state index is -0.842. The third-order valence-electron chi connectivity index (χ3n) is 2.44. The summed E-state index contributed by atoms with van der Waals surface area (Å²) in [4.78, 5) is 14.9. The third kappa shape index (κ3) is 2.71. The van der Waals surface area contributed by atoms with Gasteiger partial charge in [-0.05, 0) is 12.1 Å². The van der Waals surface area contributed by atoms with Gasteiger partial charge < -0.3 is 5.32 Å².